The molecule has 0 aromatic rings. The van der Waals surface area contributed by atoms with Crippen molar-refractivity contribution in [2.24, 2.45) is 5.92 Å². The van der Waals surface area contributed by atoms with Crippen molar-refractivity contribution in [2.75, 3.05) is 0 Å². The zero-order valence-electron chi connectivity index (χ0n) is 5.04. The minimum atomic E-state index is -0.259. The van der Waals surface area contributed by atoms with Crippen molar-refractivity contribution in [2.45, 2.75) is 32.0 Å². The number of aliphatic hydroxyl groups excluding tert-OH is 2. The average Bonchev–Trinajstić information content (AvgIpc) is 1.98. The molecule has 1 saturated carbocycles. The summed E-state index contributed by atoms with van der Waals surface area (Å²) in [5.41, 5.74) is 0. The molecule has 2 nitrogen and oxygen atoms in total. The molecule has 0 spiro atoms. The summed E-state index contributed by atoms with van der Waals surface area (Å²) >= 11 is 0. The lowest BCUT2D eigenvalue weighted by atomic mass is 10.1. The minimum Gasteiger partial charge on any atom is -0.393 e. The Kier molecular flexibility index (Phi) is 1.54. The van der Waals surface area contributed by atoms with Gasteiger partial charge in [0.2, 0.25) is 0 Å². The summed E-state index contributed by atoms with van der Waals surface area (Å²) in [6, 6.07) is 0. The molecule has 1 fully saturated rings. The highest BCUT2D eigenvalue weighted by molar-refractivity contribution is 4.80. The van der Waals surface area contributed by atoms with E-state index in [-0.39, 0.29) is 18.1 Å². The molecular formula is C6H12O2. The van der Waals surface area contributed by atoms with Crippen molar-refractivity contribution in [1.29, 1.82) is 0 Å². The van der Waals surface area contributed by atoms with E-state index in [1.807, 2.05) is 6.92 Å². The predicted octanol–water partition coefficient (Wildman–Crippen LogP) is 0.138. The van der Waals surface area contributed by atoms with Gasteiger partial charge in [0, 0.05) is 5.92 Å². The number of rotatable bonds is 0. The lowest BCUT2D eigenvalue weighted by Gasteiger charge is -2.09. The largest absolute Gasteiger partial charge is 0.393 e. The van der Waals surface area contributed by atoms with Gasteiger partial charge in [-0.15, -0.1) is 0 Å². The Morgan fingerprint density at radius 1 is 1.12 bits per heavy atom. The van der Waals surface area contributed by atoms with E-state index >= 15 is 0 Å². The molecule has 0 aromatic heterocycles. The molecule has 8 heavy (non-hydrogen) atoms. The number of hydrogen-bond acceptors (Lipinski definition) is 2. The van der Waals surface area contributed by atoms with Crippen molar-refractivity contribution in [1.82, 2.24) is 0 Å². The van der Waals surface area contributed by atoms with Crippen LogP contribution in [0.5, 0.6) is 0 Å². The van der Waals surface area contributed by atoms with Crippen LogP contribution in [0.1, 0.15) is 19.8 Å². The molecule has 2 N–H and O–H groups in total. The second kappa shape index (κ2) is 2.03. The van der Waals surface area contributed by atoms with Gasteiger partial charge in [0.05, 0.1) is 12.2 Å². The third kappa shape index (κ3) is 0.858. The van der Waals surface area contributed by atoms with Crippen LogP contribution in [0.3, 0.4) is 0 Å². The second-order valence-corrected chi connectivity index (χ2v) is 2.57. The highest BCUT2D eigenvalue weighted by atomic mass is 16.3. The van der Waals surface area contributed by atoms with Gasteiger partial charge in [-0.2, -0.15) is 0 Å². The Morgan fingerprint density at radius 3 is 1.62 bits per heavy atom. The molecule has 0 bridgehead atoms. The van der Waals surface area contributed by atoms with Crippen LogP contribution in [0.15, 0.2) is 0 Å². The summed E-state index contributed by atoms with van der Waals surface area (Å²) in [5, 5.41) is 18.0. The van der Waals surface area contributed by atoms with Crippen molar-refractivity contribution in [3.8, 4) is 0 Å². The first-order chi connectivity index (χ1) is 3.72. The van der Waals surface area contributed by atoms with Crippen LogP contribution in [-0.4, -0.2) is 22.4 Å². The van der Waals surface area contributed by atoms with Gasteiger partial charge in [0.15, 0.2) is 0 Å². The summed E-state index contributed by atoms with van der Waals surface area (Å²) in [6.07, 6.45) is 1.01. The molecule has 1 aliphatic carbocycles. The van der Waals surface area contributed by atoms with Gasteiger partial charge in [-0.3, -0.25) is 0 Å². The third-order valence-electron chi connectivity index (χ3n) is 1.97. The zero-order chi connectivity index (χ0) is 6.15. The lowest BCUT2D eigenvalue weighted by molar-refractivity contribution is 0.0764. The second-order valence-electron chi connectivity index (χ2n) is 2.57. The van der Waals surface area contributed by atoms with Crippen molar-refractivity contribution in [3.63, 3.8) is 0 Å². The predicted molar refractivity (Wildman–Crippen MR) is 30.4 cm³/mol. The number of hydrogen-bond donors (Lipinski definition) is 2. The van der Waals surface area contributed by atoms with Crippen LogP contribution in [0.4, 0.5) is 0 Å². The molecule has 1 unspecified atom stereocenters. The summed E-state index contributed by atoms with van der Waals surface area (Å²) in [7, 11) is 0. The van der Waals surface area contributed by atoms with E-state index in [1.54, 1.807) is 0 Å². The van der Waals surface area contributed by atoms with E-state index in [0.717, 1.165) is 12.8 Å². The van der Waals surface area contributed by atoms with Gasteiger partial charge in [0.1, 0.15) is 0 Å². The highest BCUT2D eigenvalue weighted by Crippen LogP contribution is 2.24. The fraction of sp³-hybridized carbons (Fsp3) is 1.00. The molecule has 0 radical (unpaired) electrons. The summed E-state index contributed by atoms with van der Waals surface area (Å²) in [5.74, 6) is 0.0926. The van der Waals surface area contributed by atoms with Crippen LogP contribution in [-0.2, 0) is 0 Å². The maximum atomic E-state index is 9.01. The quantitative estimate of drug-likeness (QED) is 0.472. The molecule has 1 aliphatic rings. The normalized spacial score (nSPS) is 47.6. The fourth-order valence-electron chi connectivity index (χ4n) is 1.12. The van der Waals surface area contributed by atoms with Crippen molar-refractivity contribution >= 4 is 0 Å². The van der Waals surface area contributed by atoms with Gasteiger partial charge in [-0.25, -0.2) is 0 Å². The summed E-state index contributed by atoms with van der Waals surface area (Å²) in [4.78, 5) is 0. The van der Waals surface area contributed by atoms with Crippen LogP contribution in [0.25, 0.3) is 0 Å². The summed E-state index contributed by atoms with van der Waals surface area (Å²) < 4.78 is 0. The monoisotopic (exact) mass is 116 g/mol. The smallest absolute Gasteiger partial charge is 0.0591 e. The van der Waals surface area contributed by atoms with E-state index in [4.69, 9.17) is 10.2 Å². The first-order valence-electron chi connectivity index (χ1n) is 3.08. The summed E-state index contributed by atoms with van der Waals surface area (Å²) in [6.45, 7) is 1.88. The SMILES string of the molecule is CC1[C@H](O)CC[C@@H]1O. The Bertz CT molecular complexity index is 72.6. The van der Waals surface area contributed by atoms with Gasteiger partial charge < -0.3 is 10.2 Å². The first kappa shape index (κ1) is 6.05. The topological polar surface area (TPSA) is 40.5 Å². The van der Waals surface area contributed by atoms with E-state index in [9.17, 15) is 0 Å². The molecule has 0 aromatic carbocycles. The Labute approximate surface area is 49.1 Å². The van der Waals surface area contributed by atoms with E-state index in [2.05, 4.69) is 0 Å². The Hall–Kier alpha value is -0.0800. The molecule has 0 aliphatic heterocycles. The van der Waals surface area contributed by atoms with Crippen LogP contribution in [0.2, 0.25) is 0 Å². The van der Waals surface area contributed by atoms with Crippen LogP contribution >= 0.6 is 0 Å². The standard InChI is InChI=1S/C6H12O2/c1-4-5(7)2-3-6(4)8/h4-8H,2-3H2,1H3/t4?,5-,6+. The van der Waals surface area contributed by atoms with E-state index < -0.39 is 0 Å². The molecule has 2 heteroatoms. The van der Waals surface area contributed by atoms with Gasteiger partial charge in [0.25, 0.3) is 0 Å². The minimum absolute atomic E-state index is 0.0926. The maximum absolute atomic E-state index is 9.01. The molecule has 0 amide bonds. The molecule has 3 atom stereocenters. The van der Waals surface area contributed by atoms with Crippen LogP contribution in [0, 0.1) is 5.92 Å². The molecule has 1 rings (SSSR count). The van der Waals surface area contributed by atoms with Crippen molar-refractivity contribution in [3.05, 3.63) is 0 Å². The fourth-order valence-corrected chi connectivity index (χ4v) is 1.12. The molecular weight excluding hydrogens is 104 g/mol. The highest BCUT2D eigenvalue weighted by Gasteiger charge is 2.29. The van der Waals surface area contributed by atoms with E-state index in [0.29, 0.717) is 0 Å². The van der Waals surface area contributed by atoms with Gasteiger partial charge in [-0.1, -0.05) is 6.92 Å². The number of aliphatic hydroxyl groups is 2. The van der Waals surface area contributed by atoms with Gasteiger partial charge in [-0.05, 0) is 12.8 Å². The third-order valence-corrected chi connectivity index (χ3v) is 1.97. The van der Waals surface area contributed by atoms with Crippen LogP contribution < -0.4 is 0 Å². The average molecular weight is 116 g/mol. The van der Waals surface area contributed by atoms with Gasteiger partial charge >= 0.3 is 0 Å². The maximum Gasteiger partial charge on any atom is 0.0591 e. The lowest BCUT2D eigenvalue weighted by Crippen LogP contribution is -2.18. The molecule has 0 saturated heterocycles. The molecule has 0 heterocycles. The van der Waals surface area contributed by atoms with Crippen molar-refractivity contribution < 1.29 is 10.2 Å². The first-order valence-corrected chi connectivity index (χ1v) is 3.08. The molecule has 48 valence electrons. The van der Waals surface area contributed by atoms with E-state index in [1.165, 1.54) is 0 Å². The Balaban J connectivity index is 2.44. The Morgan fingerprint density at radius 2 is 1.50 bits per heavy atom. The zero-order valence-corrected chi connectivity index (χ0v) is 5.04.